The Bertz CT molecular complexity index is 679. The molecule has 3 rings (SSSR count). The Labute approximate surface area is 121 Å². The van der Waals surface area contributed by atoms with E-state index in [2.05, 4.69) is 22.7 Å². The fourth-order valence-electron chi connectivity index (χ4n) is 2.85. The van der Waals surface area contributed by atoms with Crippen LogP contribution in [0.3, 0.4) is 0 Å². The first-order chi connectivity index (χ1) is 10.1. The van der Waals surface area contributed by atoms with Gasteiger partial charge in [0.25, 0.3) is 11.6 Å². The van der Waals surface area contributed by atoms with Crippen molar-refractivity contribution in [1.29, 1.82) is 0 Å². The number of benzene rings is 1. The first-order valence-electron chi connectivity index (χ1n) is 6.85. The molecule has 0 saturated heterocycles. The number of nitrogens with zero attached hydrogens (tertiary/aromatic N) is 2. The third-order valence-electron chi connectivity index (χ3n) is 4.12. The number of carbonyl (C=O) groups excluding carboxylic acids is 1. The molecule has 0 aliphatic heterocycles. The molecule has 0 heterocycles. The quantitative estimate of drug-likeness (QED) is 0.526. The van der Waals surface area contributed by atoms with Crippen molar-refractivity contribution < 1.29 is 9.72 Å². The lowest BCUT2D eigenvalue weighted by Gasteiger charge is -2.31. The largest absolute Gasteiger partial charge is 0.272 e. The van der Waals surface area contributed by atoms with Crippen LogP contribution in [-0.2, 0) is 0 Å². The Balaban J connectivity index is 1.67. The Kier molecular flexibility index (Phi) is 3.29. The molecule has 1 amide bonds. The van der Waals surface area contributed by atoms with Crippen LogP contribution in [0.4, 0.5) is 5.69 Å². The topological polar surface area (TPSA) is 84.6 Å². The van der Waals surface area contributed by atoms with E-state index in [4.69, 9.17) is 0 Å². The number of hydrogen-bond donors (Lipinski definition) is 1. The number of hydrogen-bond acceptors (Lipinski definition) is 4. The zero-order chi connectivity index (χ0) is 15.0. The van der Waals surface area contributed by atoms with Gasteiger partial charge in [-0.1, -0.05) is 12.2 Å². The molecule has 1 aromatic rings. The first kappa shape index (κ1) is 13.5. The maximum absolute atomic E-state index is 12.0. The van der Waals surface area contributed by atoms with Crippen molar-refractivity contribution >= 4 is 17.3 Å². The van der Waals surface area contributed by atoms with E-state index in [1.54, 1.807) is 6.92 Å². The number of fused-ring (bicyclic) bond motifs is 1. The Morgan fingerprint density at radius 2 is 2.29 bits per heavy atom. The minimum absolute atomic E-state index is 0.0109. The number of nitro benzene ring substituents is 1. The van der Waals surface area contributed by atoms with E-state index in [9.17, 15) is 14.9 Å². The molecule has 0 radical (unpaired) electrons. The molecule has 0 spiro atoms. The zero-order valence-electron chi connectivity index (χ0n) is 11.6. The number of carbonyl (C=O) groups is 1. The van der Waals surface area contributed by atoms with Crippen molar-refractivity contribution in [2.75, 3.05) is 0 Å². The van der Waals surface area contributed by atoms with Gasteiger partial charge in [-0.05, 0) is 37.8 Å². The van der Waals surface area contributed by atoms with Crippen molar-refractivity contribution in [2.45, 2.75) is 19.8 Å². The van der Waals surface area contributed by atoms with E-state index in [0.29, 0.717) is 23.0 Å². The molecule has 1 fully saturated rings. The summed E-state index contributed by atoms with van der Waals surface area (Å²) in [6.45, 7) is 1.61. The lowest BCUT2D eigenvalue weighted by Crippen LogP contribution is -2.35. The summed E-state index contributed by atoms with van der Waals surface area (Å²) < 4.78 is 0. The highest BCUT2D eigenvalue weighted by molar-refractivity contribution is 5.98. The minimum Gasteiger partial charge on any atom is -0.267 e. The molecular formula is C15H15N3O3. The summed E-state index contributed by atoms with van der Waals surface area (Å²) in [5, 5.41) is 14.9. The van der Waals surface area contributed by atoms with Crippen LogP contribution < -0.4 is 5.43 Å². The average molecular weight is 285 g/mol. The smallest absolute Gasteiger partial charge is 0.267 e. The van der Waals surface area contributed by atoms with Crippen LogP contribution in [0.2, 0.25) is 0 Å². The van der Waals surface area contributed by atoms with Gasteiger partial charge in [-0.3, -0.25) is 14.9 Å². The second-order valence-corrected chi connectivity index (χ2v) is 5.44. The molecule has 1 saturated carbocycles. The lowest BCUT2D eigenvalue weighted by atomic mass is 9.74. The summed E-state index contributed by atoms with van der Waals surface area (Å²) in [6.07, 6.45) is 6.25. The molecule has 2 aliphatic rings. The molecule has 6 nitrogen and oxygen atoms in total. The number of allylic oxidation sites excluding steroid dienone is 2. The third kappa shape index (κ3) is 2.44. The number of nitrogens with one attached hydrogen (secondary N) is 1. The van der Waals surface area contributed by atoms with Crippen molar-refractivity contribution in [3.63, 3.8) is 0 Å². The Morgan fingerprint density at radius 1 is 1.48 bits per heavy atom. The van der Waals surface area contributed by atoms with E-state index in [1.807, 2.05) is 0 Å². The molecule has 2 aliphatic carbocycles. The van der Waals surface area contributed by atoms with Gasteiger partial charge < -0.3 is 0 Å². The molecule has 1 aromatic carbocycles. The van der Waals surface area contributed by atoms with Crippen molar-refractivity contribution in [1.82, 2.24) is 5.43 Å². The van der Waals surface area contributed by atoms with Gasteiger partial charge in [0.1, 0.15) is 0 Å². The normalized spacial score (nSPS) is 24.5. The molecule has 108 valence electrons. The standard InChI is InChI=1S/C15H15N3O3/c1-9-7-11(5-6-14(9)18(20)21)15(19)17-16-13-8-10-3-2-4-12(10)13/h2-3,5-7,10,12H,4,8H2,1H3,(H,17,19). The second kappa shape index (κ2) is 5.12. The van der Waals surface area contributed by atoms with Gasteiger partial charge in [-0.15, -0.1) is 0 Å². The highest BCUT2D eigenvalue weighted by atomic mass is 16.6. The van der Waals surface area contributed by atoms with Crippen LogP contribution in [0.5, 0.6) is 0 Å². The van der Waals surface area contributed by atoms with Crippen LogP contribution in [-0.4, -0.2) is 16.5 Å². The van der Waals surface area contributed by atoms with Gasteiger partial charge in [-0.2, -0.15) is 5.10 Å². The Morgan fingerprint density at radius 3 is 2.95 bits per heavy atom. The highest BCUT2D eigenvalue weighted by Crippen LogP contribution is 2.40. The van der Waals surface area contributed by atoms with Crippen LogP contribution >= 0.6 is 0 Å². The number of nitro groups is 1. The summed E-state index contributed by atoms with van der Waals surface area (Å²) in [5.74, 6) is 0.695. The van der Waals surface area contributed by atoms with Crippen LogP contribution in [0.15, 0.2) is 35.5 Å². The molecular weight excluding hydrogens is 270 g/mol. The van der Waals surface area contributed by atoms with E-state index >= 15 is 0 Å². The lowest BCUT2D eigenvalue weighted by molar-refractivity contribution is -0.385. The van der Waals surface area contributed by atoms with Gasteiger partial charge >= 0.3 is 0 Å². The number of amides is 1. The fourth-order valence-corrected chi connectivity index (χ4v) is 2.85. The summed E-state index contributed by atoms with van der Waals surface area (Å²) >= 11 is 0. The van der Waals surface area contributed by atoms with Gasteiger partial charge in [0.05, 0.1) is 4.92 Å². The second-order valence-electron chi connectivity index (χ2n) is 5.44. The first-order valence-corrected chi connectivity index (χ1v) is 6.85. The Hall–Kier alpha value is -2.50. The van der Waals surface area contributed by atoms with Crippen LogP contribution in [0, 0.1) is 28.9 Å². The molecule has 6 heteroatoms. The molecule has 0 bridgehead atoms. The van der Waals surface area contributed by atoms with Crippen molar-refractivity contribution in [2.24, 2.45) is 16.9 Å². The molecule has 21 heavy (non-hydrogen) atoms. The van der Waals surface area contributed by atoms with E-state index < -0.39 is 4.92 Å². The van der Waals surface area contributed by atoms with Crippen molar-refractivity contribution in [3.05, 3.63) is 51.6 Å². The number of aryl methyl sites for hydroxylation is 1. The third-order valence-corrected chi connectivity index (χ3v) is 4.12. The summed E-state index contributed by atoms with van der Waals surface area (Å²) in [7, 11) is 0. The SMILES string of the molecule is Cc1cc(C(=O)NN=C2CC3C=CCC23)ccc1[N+](=O)[O-]. The highest BCUT2D eigenvalue weighted by Gasteiger charge is 2.38. The van der Waals surface area contributed by atoms with Gasteiger partial charge in [-0.25, -0.2) is 5.43 Å². The van der Waals surface area contributed by atoms with E-state index in [0.717, 1.165) is 18.6 Å². The maximum Gasteiger partial charge on any atom is 0.272 e. The molecule has 2 atom stereocenters. The number of rotatable bonds is 3. The monoisotopic (exact) mass is 285 g/mol. The van der Waals surface area contributed by atoms with Crippen molar-refractivity contribution in [3.8, 4) is 0 Å². The molecule has 0 aromatic heterocycles. The van der Waals surface area contributed by atoms with Crippen LogP contribution in [0.1, 0.15) is 28.8 Å². The van der Waals surface area contributed by atoms with Gasteiger partial charge in [0, 0.05) is 28.8 Å². The van der Waals surface area contributed by atoms with E-state index in [1.165, 1.54) is 18.2 Å². The average Bonchev–Trinajstić information content (AvgIpc) is 2.79. The summed E-state index contributed by atoms with van der Waals surface area (Å²) in [4.78, 5) is 22.3. The summed E-state index contributed by atoms with van der Waals surface area (Å²) in [6, 6.07) is 4.30. The minimum atomic E-state index is -0.459. The fraction of sp³-hybridized carbons (Fsp3) is 0.333. The van der Waals surface area contributed by atoms with Gasteiger partial charge in [0.15, 0.2) is 0 Å². The zero-order valence-corrected chi connectivity index (χ0v) is 11.6. The molecule has 1 N–H and O–H groups in total. The predicted molar refractivity (Wildman–Crippen MR) is 78.1 cm³/mol. The molecule has 2 unspecified atom stereocenters. The maximum atomic E-state index is 12.0. The summed E-state index contributed by atoms with van der Waals surface area (Å²) in [5.41, 5.74) is 4.42. The van der Waals surface area contributed by atoms with Crippen LogP contribution in [0.25, 0.3) is 0 Å². The predicted octanol–water partition coefficient (Wildman–Crippen LogP) is 2.59. The number of hydrazone groups is 1. The van der Waals surface area contributed by atoms with E-state index in [-0.39, 0.29) is 11.6 Å². The van der Waals surface area contributed by atoms with Gasteiger partial charge in [0.2, 0.25) is 0 Å².